The van der Waals surface area contributed by atoms with E-state index in [1.807, 2.05) is 12.1 Å². The number of methoxy groups -OCH3 is 1. The van der Waals surface area contributed by atoms with Gasteiger partial charge in [-0.25, -0.2) is 4.79 Å². The molecule has 1 aromatic carbocycles. The van der Waals surface area contributed by atoms with E-state index in [1.165, 1.54) is 43.1 Å². The number of hydrogen-bond donors (Lipinski definition) is 1. The molecule has 126 valence electrons. The van der Waals surface area contributed by atoms with Crippen molar-refractivity contribution in [1.29, 1.82) is 0 Å². The lowest BCUT2D eigenvalue weighted by Gasteiger charge is -2.24. The van der Waals surface area contributed by atoms with Gasteiger partial charge in [0.15, 0.2) is 0 Å². The van der Waals surface area contributed by atoms with Crippen LogP contribution in [-0.2, 0) is 22.4 Å². The summed E-state index contributed by atoms with van der Waals surface area (Å²) in [5, 5.41) is 3.39. The Morgan fingerprint density at radius 2 is 1.96 bits per heavy atom. The van der Waals surface area contributed by atoms with E-state index in [-0.39, 0.29) is 12.0 Å². The van der Waals surface area contributed by atoms with Crippen LogP contribution in [0.1, 0.15) is 54.1 Å². The second kappa shape index (κ2) is 7.58. The molecule has 1 aromatic heterocycles. The minimum atomic E-state index is -0.519. The summed E-state index contributed by atoms with van der Waals surface area (Å²) in [6, 6.07) is 9.93. The Bertz CT molecular complexity index is 700. The minimum absolute atomic E-state index is 0.0431. The summed E-state index contributed by atoms with van der Waals surface area (Å²) in [6.07, 6.45) is 8.28. The maximum Gasteiger partial charge on any atom is 0.327 e. The molecule has 3 rings (SSSR count). The van der Waals surface area contributed by atoms with Crippen molar-refractivity contribution in [1.82, 2.24) is 10.3 Å². The summed E-state index contributed by atoms with van der Waals surface area (Å²) in [5.41, 5.74) is 4.93. The molecule has 0 bridgehead atoms. The molecular weight excluding hydrogens is 300 g/mol. The lowest BCUT2D eigenvalue weighted by Crippen LogP contribution is -2.32. The summed E-state index contributed by atoms with van der Waals surface area (Å²) in [5.74, 6) is -0.298. The molecule has 0 saturated heterocycles. The third kappa shape index (κ3) is 3.65. The van der Waals surface area contributed by atoms with E-state index < -0.39 is 6.04 Å². The molecule has 1 aliphatic carbocycles. The third-order valence-corrected chi connectivity index (χ3v) is 4.74. The minimum Gasteiger partial charge on any atom is -0.468 e. The van der Waals surface area contributed by atoms with Gasteiger partial charge in [0.25, 0.3) is 0 Å². The van der Waals surface area contributed by atoms with Crippen molar-refractivity contribution in [2.75, 3.05) is 7.11 Å². The molecule has 0 saturated carbocycles. The van der Waals surface area contributed by atoms with E-state index in [2.05, 4.69) is 35.4 Å². The van der Waals surface area contributed by atoms with Gasteiger partial charge in [0, 0.05) is 18.4 Å². The van der Waals surface area contributed by atoms with Crippen molar-refractivity contribution < 1.29 is 9.53 Å². The van der Waals surface area contributed by atoms with Gasteiger partial charge in [-0.05, 0) is 60.9 Å². The average Bonchev–Trinajstić information content (AvgIpc) is 2.65. The maximum atomic E-state index is 12.2. The zero-order valence-electron chi connectivity index (χ0n) is 14.3. The topological polar surface area (TPSA) is 51.2 Å². The first-order valence-corrected chi connectivity index (χ1v) is 8.54. The largest absolute Gasteiger partial charge is 0.468 e. The SMILES string of the molecule is COC(=O)[C@H](N[C@H](C)c1ccc2c(c1)CCCC2)c1cccnc1. The number of pyridine rings is 1. The monoisotopic (exact) mass is 324 g/mol. The highest BCUT2D eigenvalue weighted by atomic mass is 16.5. The van der Waals surface area contributed by atoms with Crippen LogP contribution in [0.15, 0.2) is 42.7 Å². The van der Waals surface area contributed by atoms with E-state index in [0.29, 0.717) is 0 Å². The van der Waals surface area contributed by atoms with Gasteiger partial charge in [-0.3, -0.25) is 10.3 Å². The Hall–Kier alpha value is -2.20. The number of ether oxygens (including phenoxy) is 1. The molecule has 1 heterocycles. The first kappa shape index (κ1) is 16.7. The molecule has 2 aromatic rings. The molecule has 4 nitrogen and oxygen atoms in total. The van der Waals surface area contributed by atoms with Gasteiger partial charge in [-0.1, -0.05) is 24.3 Å². The van der Waals surface area contributed by atoms with Gasteiger partial charge < -0.3 is 4.74 Å². The zero-order chi connectivity index (χ0) is 16.9. The van der Waals surface area contributed by atoms with Gasteiger partial charge in [-0.15, -0.1) is 0 Å². The van der Waals surface area contributed by atoms with E-state index in [0.717, 1.165) is 12.0 Å². The molecule has 4 heteroatoms. The Morgan fingerprint density at radius 1 is 1.17 bits per heavy atom. The smallest absolute Gasteiger partial charge is 0.327 e. The molecule has 0 aliphatic heterocycles. The highest BCUT2D eigenvalue weighted by Crippen LogP contribution is 2.26. The lowest BCUT2D eigenvalue weighted by atomic mass is 9.89. The summed E-state index contributed by atoms with van der Waals surface area (Å²) in [4.78, 5) is 16.3. The predicted octanol–water partition coefficient (Wildman–Crippen LogP) is 3.53. The summed E-state index contributed by atoms with van der Waals surface area (Å²) in [7, 11) is 1.41. The number of carbonyl (C=O) groups is 1. The molecule has 0 unspecified atom stereocenters. The number of nitrogens with zero attached hydrogens (tertiary/aromatic N) is 1. The number of esters is 1. The predicted molar refractivity (Wildman–Crippen MR) is 93.6 cm³/mol. The normalized spacial score (nSPS) is 16.1. The fraction of sp³-hybridized carbons (Fsp3) is 0.400. The molecule has 1 N–H and O–H groups in total. The molecule has 0 fully saturated rings. The van der Waals surface area contributed by atoms with E-state index >= 15 is 0 Å². The van der Waals surface area contributed by atoms with E-state index in [1.54, 1.807) is 12.4 Å². The van der Waals surface area contributed by atoms with E-state index in [9.17, 15) is 4.79 Å². The Morgan fingerprint density at radius 3 is 2.67 bits per heavy atom. The van der Waals surface area contributed by atoms with Crippen molar-refractivity contribution in [2.45, 2.75) is 44.7 Å². The standard InChI is InChI=1S/C20H24N2O2/c1-14(16-10-9-15-6-3-4-7-17(15)12-16)22-19(20(23)24-2)18-8-5-11-21-13-18/h5,8-14,19,22H,3-4,6-7H2,1-2H3/t14-,19-/m1/s1. The van der Waals surface area contributed by atoms with Crippen LogP contribution < -0.4 is 5.32 Å². The number of rotatable bonds is 5. The first-order valence-electron chi connectivity index (χ1n) is 8.54. The van der Waals surface area contributed by atoms with Crippen LogP contribution in [0, 0.1) is 0 Å². The maximum absolute atomic E-state index is 12.2. The summed E-state index contributed by atoms with van der Waals surface area (Å²) in [6.45, 7) is 2.08. The quantitative estimate of drug-likeness (QED) is 0.855. The molecule has 24 heavy (non-hydrogen) atoms. The van der Waals surface area contributed by atoms with Crippen LogP contribution in [-0.4, -0.2) is 18.1 Å². The molecule has 0 spiro atoms. The fourth-order valence-electron chi connectivity index (χ4n) is 3.33. The van der Waals surface area contributed by atoms with Crippen molar-refractivity contribution in [3.8, 4) is 0 Å². The number of carbonyl (C=O) groups excluding carboxylic acids is 1. The van der Waals surface area contributed by atoms with Crippen LogP contribution in [0.5, 0.6) is 0 Å². The number of nitrogens with one attached hydrogen (secondary N) is 1. The Labute approximate surface area is 143 Å². The summed E-state index contributed by atoms with van der Waals surface area (Å²) >= 11 is 0. The van der Waals surface area contributed by atoms with Crippen molar-refractivity contribution in [2.24, 2.45) is 0 Å². The molecular formula is C20H24N2O2. The van der Waals surface area contributed by atoms with Crippen LogP contribution >= 0.6 is 0 Å². The second-order valence-electron chi connectivity index (χ2n) is 6.37. The van der Waals surface area contributed by atoms with Crippen molar-refractivity contribution in [3.63, 3.8) is 0 Å². The second-order valence-corrected chi connectivity index (χ2v) is 6.37. The average molecular weight is 324 g/mol. The van der Waals surface area contributed by atoms with Gasteiger partial charge in [0.1, 0.15) is 6.04 Å². The van der Waals surface area contributed by atoms with Gasteiger partial charge in [0.2, 0.25) is 0 Å². The number of aromatic nitrogens is 1. The fourth-order valence-corrected chi connectivity index (χ4v) is 3.33. The molecule has 0 radical (unpaired) electrons. The molecule has 1 aliphatic rings. The zero-order valence-corrected chi connectivity index (χ0v) is 14.3. The number of hydrogen-bond acceptors (Lipinski definition) is 4. The van der Waals surface area contributed by atoms with Crippen molar-refractivity contribution in [3.05, 3.63) is 65.0 Å². The first-order chi connectivity index (χ1) is 11.7. The van der Waals surface area contributed by atoms with Crippen LogP contribution in [0.25, 0.3) is 0 Å². The summed E-state index contributed by atoms with van der Waals surface area (Å²) < 4.78 is 4.96. The third-order valence-electron chi connectivity index (χ3n) is 4.74. The highest BCUT2D eigenvalue weighted by molar-refractivity contribution is 5.77. The highest BCUT2D eigenvalue weighted by Gasteiger charge is 2.24. The Kier molecular flexibility index (Phi) is 5.26. The van der Waals surface area contributed by atoms with Crippen molar-refractivity contribution >= 4 is 5.97 Å². The van der Waals surface area contributed by atoms with Crippen LogP contribution in [0.4, 0.5) is 0 Å². The van der Waals surface area contributed by atoms with Gasteiger partial charge >= 0.3 is 5.97 Å². The van der Waals surface area contributed by atoms with Gasteiger partial charge in [-0.2, -0.15) is 0 Å². The lowest BCUT2D eigenvalue weighted by molar-refractivity contribution is -0.143. The Balaban J connectivity index is 1.80. The van der Waals surface area contributed by atoms with Crippen LogP contribution in [0.3, 0.4) is 0 Å². The van der Waals surface area contributed by atoms with E-state index in [4.69, 9.17) is 4.74 Å². The number of fused-ring (bicyclic) bond motifs is 1. The number of benzene rings is 1. The molecule has 2 atom stereocenters. The molecule has 0 amide bonds. The number of aryl methyl sites for hydroxylation is 2. The van der Waals surface area contributed by atoms with Crippen LogP contribution in [0.2, 0.25) is 0 Å². The van der Waals surface area contributed by atoms with Gasteiger partial charge in [0.05, 0.1) is 7.11 Å².